The van der Waals surface area contributed by atoms with Crippen LogP contribution in [0.25, 0.3) is 0 Å². The van der Waals surface area contributed by atoms with Gasteiger partial charge in [-0.05, 0) is 18.4 Å². The summed E-state index contributed by atoms with van der Waals surface area (Å²) in [6.45, 7) is 0.286. The van der Waals surface area contributed by atoms with Gasteiger partial charge in [0.2, 0.25) is 11.8 Å². The number of rotatable bonds is 5. The van der Waals surface area contributed by atoms with E-state index in [9.17, 15) is 14.7 Å². The standard InChI is InChI=1S/C15H20N2O3/c18-10-13(8-11-4-2-1-3-5-11)17-15(20)12-6-7-14(19)16-9-12/h1-5,12-13,18H,6-10H2,(H,16,19)(H,17,20)/t12?,13-/m0/s1. The smallest absolute Gasteiger partial charge is 0.225 e. The van der Waals surface area contributed by atoms with Gasteiger partial charge in [-0.15, -0.1) is 0 Å². The topological polar surface area (TPSA) is 78.4 Å². The van der Waals surface area contributed by atoms with Crippen LogP contribution < -0.4 is 10.6 Å². The molecule has 1 fully saturated rings. The maximum absolute atomic E-state index is 12.1. The van der Waals surface area contributed by atoms with Crippen LogP contribution in [0.4, 0.5) is 0 Å². The van der Waals surface area contributed by atoms with Gasteiger partial charge in [-0.2, -0.15) is 0 Å². The second-order valence-corrected chi connectivity index (χ2v) is 5.12. The molecule has 0 aromatic heterocycles. The van der Waals surface area contributed by atoms with E-state index in [1.165, 1.54) is 0 Å². The second-order valence-electron chi connectivity index (χ2n) is 5.12. The fourth-order valence-corrected chi connectivity index (χ4v) is 2.34. The van der Waals surface area contributed by atoms with Crippen LogP contribution in [-0.2, 0) is 16.0 Å². The Bertz CT molecular complexity index is 451. The molecule has 0 saturated carbocycles. The fraction of sp³-hybridized carbons (Fsp3) is 0.467. The van der Waals surface area contributed by atoms with E-state index in [2.05, 4.69) is 10.6 Å². The highest BCUT2D eigenvalue weighted by atomic mass is 16.3. The number of aliphatic hydroxyl groups is 1. The molecule has 2 amide bonds. The Morgan fingerprint density at radius 1 is 1.40 bits per heavy atom. The van der Waals surface area contributed by atoms with E-state index >= 15 is 0 Å². The Balaban J connectivity index is 1.86. The van der Waals surface area contributed by atoms with Crippen LogP contribution in [0.1, 0.15) is 18.4 Å². The number of hydrogen-bond acceptors (Lipinski definition) is 3. The number of amides is 2. The Morgan fingerprint density at radius 3 is 2.75 bits per heavy atom. The van der Waals surface area contributed by atoms with Gasteiger partial charge < -0.3 is 15.7 Å². The van der Waals surface area contributed by atoms with Gasteiger partial charge in [0.05, 0.1) is 18.6 Å². The zero-order chi connectivity index (χ0) is 14.4. The van der Waals surface area contributed by atoms with Crippen LogP contribution in [0, 0.1) is 5.92 Å². The van der Waals surface area contributed by atoms with E-state index < -0.39 is 0 Å². The number of carbonyl (C=O) groups excluding carboxylic acids is 2. The second kappa shape index (κ2) is 7.05. The van der Waals surface area contributed by atoms with Crippen LogP contribution in [0.15, 0.2) is 30.3 Å². The van der Waals surface area contributed by atoms with Crippen LogP contribution in [-0.4, -0.2) is 36.1 Å². The number of piperidine rings is 1. The van der Waals surface area contributed by atoms with Crippen molar-refractivity contribution >= 4 is 11.8 Å². The lowest BCUT2D eigenvalue weighted by atomic mass is 9.97. The summed E-state index contributed by atoms with van der Waals surface area (Å²) in [4.78, 5) is 23.2. The van der Waals surface area contributed by atoms with Gasteiger partial charge in [0.25, 0.3) is 0 Å². The first-order chi connectivity index (χ1) is 9.69. The van der Waals surface area contributed by atoms with Crippen molar-refractivity contribution in [3.63, 3.8) is 0 Å². The summed E-state index contributed by atoms with van der Waals surface area (Å²) in [5.41, 5.74) is 1.07. The number of hydrogen-bond donors (Lipinski definition) is 3. The molecule has 1 saturated heterocycles. The first-order valence-electron chi connectivity index (χ1n) is 6.91. The molecule has 108 valence electrons. The molecule has 0 radical (unpaired) electrons. The lowest BCUT2D eigenvalue weighted by Gasteiger charge is -2.24. The summed E-state index contributed by atoms with van der Waals surface area (Å²) in [7, 11) is 0. The maximum atomic E-state index is 12.1. The zero-order valence-corrected chi connectivity index (χ0v) is 11.3. The molecule has 0 bridgehead atoms. The summed E-state index contributed by atoms with van der Waals surface area (Å²) in [5, 5.41) is 14.9. The minimum atomic E-state index is -0.289. The molecule has 5 heteroatoms. The van der Waals surface area contributed by atoms with Gasteiger partial charge in [-0.1, -0.05) is 30.3 Å². The third-order valence-corrected chi connectivity index (χ3v) is 3.53. The highest BCUT2D eigenvalue weighted by molar-refractivity contribution is 5.83. The monoisotopic (exact) mass is 276 g/mol. The van der Waals surface area contributed by atoms with Crippen molar-refractivity contribution < 1.29 is 14.7 Å². The molecule has 1 aromatic carbocycles. The molecule has 2 atom stereocenters. The summed E-state index contributed by atoms with van der Waals surface area (Å²) in [6.07, 6.45) is 1.56. The maximum Gasteiger partial charge on any atom is 0.225 e. The molecule has 20 heavy (non-hydrogen) atoms. The molecular weight excluding hydrogens is 256 g/mol. The van der Waals surface area contributed by atoms with E-state index in [4.69, 9.17) is 0 Å². The Labute approximate surface area is 118 Å². The average molecular weight is 276 g/mol. The van der Waals surface area contributed by atoms with Crippen molar-refractivity contribution in [2.24, 2.45) is 5.92 Å². The Morgan fingerprint density at radius 2 is 2.15 bits per heavy atom. The molecule has 1 aromatic rings. The summed E-state index contributed by atoms with van der Waals surface area (Å²) in [5.74, 6) is -0.297. The molecule has 0 spiro atoms. The Kier molecular flexibility index (Phi) is 5.12. The summed E-state index contributed by atoms with van der Waals surface area (Å²) >= 11 is 0. The Hall–Kier alpha value is -1.88. The predicted molar refractivity (Wildman–Crippen MR) is 74.9 cm³/mol. The van der Waals surface area contributed by atoms with Gasteiger partial charge in [0.1, 0.15) is 0 Å². The first-order valence-corrected chi connectivity index (χ1v) is 6.91. The molecule has 1 heterocycles. The normalized spacial score (nSPS) is 20.1. The fourth-order valence-electron chi connectivity index (χ4n) is 2.34. The third-order valence-electron chi connectivity index (χ3n) is 3.53. The molecule has 1 aliphatic heterocycles. The molecular formula is C15H20N2O3. The summed E-state index contributed by atoms with van der Waals surface area (Å²) in [6, 6.07) is 9.44. The number of benzene rings is 1. The van der Waals surface area contributed by atoms with E-state index in [0.717, 1.165) is 5.56 Å². The van der Waals surface area contributed by atoms with Crippen molar-refractivity contribution in [3.8, 4) is 0 Å². The van der Waals surface area contributed by atoms with E-state index in [-0.39, 0.29) is 30.4 Å². The molecule has 0 aliphatic carbocycles. The van der Waals surface area contributed by atoms with E-state index in [1.807, 2.05) is 30.3 Å². The minimum Gasteiger partial charge on any atom is -0.394 e. The molecule has 5 nitrogen and oxygen atoms in total. The highest BCUT2D eigenvalue weighted by Crippen LogP contribution is 2.11. The predicted octanol–water partition coefficient (Wildman–Crippen LogP) is 0.232. The van der Waals surface area contributed by atoms with Crippen LogP contribution >= 0.6 is 0 Å². The minimum absolute atomic E-state index is 0.00274. The largest absolute Gasteiger partial charge is 0.394 e. The highest BCUT2D eigenvalue weighted by Gasteiger charge is 2.25. The molecule has 1 aliphatic rings. The summed E-state index contributed by atoms with van der Waals surface area (Å²) < 4.78 is 0. The number of nitrogens with one attached hydrogen (secondary N) is 2. The zero-order valence-electron chi connectivity index (χ0n) is 11.3. The van der Waals surface area contributed by atoms with Crippen molar-refractivity contribution in [2.75, 3.05) is 13.2 Å². The lowest BCUT2D eigenvalue weighted by Crippen LogP contribution is -2.47. The van der Waals surface area contributed by atoms with Gasteiger partial charge in [-0.25, -0.2) is 0 Å². The molecule has 1 unspecified atom stereocenters. The average Bonchev–Trinajstić information content (AvgIpc) is 2.48. The van der Waals surface area contributed by atoms with Crippen molar-refractivity contribution in [3.05, 3.63) is 35.9 Å². The van der Waals surface area contributed by atoms with Gasteiger partial charge in [0.15, 0.2) is 0 Å². The van der Waals surface area contributed by atoms with Crippen molar-refractivity contribution in [2.45, 2.75) is 25.3 Å². The van der Waals surface area contributed by atoms with Gasteiger partial charge >= 0.3 is 0 Å². The van der Waals surface area contributed by atoms with Crippen molar-refractivity contribution in [1.29, 1.82) is 0 Å². The quantitative estimate of drug-likeness (QED) is 0.720. The van der Waals surface area contributed by atoms with Crippen LogP contribution in [0.2, 0.25) is 0 Å². The van der Waals surface area contributed by atoms with Crippen molar-refractivity contribution in [1.82, 2.24) is 10.6 Å². The molecule has 2 rings (SSSR count). The van der Waals surface area contributed by atoms with E-state index in [0.29, 0.717) is 25.8 Å². The molecule has 3 N–H and O–H groups in total. The van der Waals surface area contributed by atoms with E-state index in [1.54, 1.807) is 0 Å². The number of carbonyl (C=O) groups is 2. The van der Waals surface area contributed by atoms with Crippen LogP contribution in [0.3, 0.4) is 0 Å². The van der Waals surface area contributed by atoms with Crippen LogP contribution in [0.5, 0.6) is 0 Å². The van der Waals surface area contributed by atoms with Gasteiger partial charge in [-0.3, -0.25) is 9.59 Å². The first kappa shape index (κ1) is 14.5. The van der Waals surface area contributed by atoms with Gasteiger partial charge in [0, 0.05) is 13.0 Å². The third kappa shape index (κ3) is 4.06. The number of aliphatic hydroxyl groups excluding tert-OH is 1. The lowest BCUT2D eigenvalue weighted by molar-refractivity contribution is -0.129. The SMILES string of the molecule is O=C1CCC(C(=O)N[C@H](CO)Cc2ccccc2)CN1.